The summed E-state index contributed by atoms with van der Waals surface area (Å²) < 4.78 is 5.82. The first-order chi connectivity index (χ1) is 6.70. The van der Waals surface area contributed by atoms with E-state index in [1.165, 1.54) is 38.5 Å². The van der Waals surface area contributed by atoms with Crippen molar-refractivity contribution in [1.29, 1.82) is 0 Å². The van der Waals surface area contributed by atoms with Crippen LogP contribution >= 0.6 is 12.2 Å². The highest BCUT2D eigenvalue weighted by atomic mass is 32.1. The minimum atomic E-state index is 0.216. The van der Waals surface area contributed by atoms with Gasteiger partial charge < -0.3 is 10.5 Å². The summed E-state index contributed by atoms with van der Waals surface area (Å²) in [6, 6.07) is 0. The van der Waals surface area contributed by atoms with Gasteiger partial charge in [0, 0.05) is 5.92 Å². The topological polar surface area (TPSA) is 35.2 Å². The van der Waals surface area contributed by atoms with Crippen LogP contribution in [-0.4, -0.2) is 17.7 Å². The van der Waals surface area contributed by atoms with Crippen molar-refractivity contribution in [2.75, 3.05) is 6.61 Å². The summed E-state index contributed by atoms with van der Waals surface area (Å²) in [6.45, 7) is 2.72. The summed E-state index contributed by atoms with van der Waals surface area (Å²) >= 11 is 4.91. The van der Waals surface area contributed by atoms with E-state index in [2.05, 4.69) is 0 Å². The Bertz CT molecular complexity index is 176. The predicted molar refractivity (Wildman–Crippen MR) is 63.4 cm³/mol. The van der Waals surface area contributed by atoms with Crippen LogP contribution in [0.25, 0.3) is 0 Å². The molecule has 14 heavy (non-hydrogen) atoms. The molecule has 1 aliphatic rings. The van der Waals surface area contributed by atoms with Gasteiger partial charge in [-0.05, 0) is 12.8 Å². The van der Waals surface area contributed by atoms with Crippen LogP contribution in [0.1, 0.15) is 45.4 Å². The maximum Gasteiger partial charge on any atom is 0.0779 e. The summed E-state index contributed by atoms with van der Waals surface area (Å²) in [6.07, 6.45) is 8.23. The molecule has 0 aliphatic heterocycles. The smallest absolute Gasteiger partial charge is 0.0779 e. The molecule has 0 aromatic heterocycles. The van der Waals surface area contributed by atoms with Gasteiger partial charge in [0.2, 0.25) is 0 Å². The van der Waals surface area contributed by atoms with Gasteiger partial charge in [0.25, 0.3) is 0 Å². The van der Waals surface area contributed by atoms with Gasteiger partial charge in [-0.15, -0.1) is 0 Å². The van der Waals surface area contributed by atoms with Gasteiger partial charge in [0.15, 0.2) is 0 Å². The average Bonchev–Trinajstić information content (AvgIpc) is 2.42. The number of hydrogen-bond acceptors (Lipinski definition) is 2. The lowest BCUT2D eigenvalue weighted by molar-refractivity contribution is 0.0345. The van der Waals surface area contributed by atoms with Crippen molar-refractivity contribution in [3.63, 3.8) is 0 Å². The zero-order valence-corrected chi connectivity index (χ0v) is 9.81. The third-order valence-corrected chi connectivity index (χ3v) is 3.27. The highest BCUT2D eigenvalue weighted by molar-refractivity contribution is 7.80. The lowest BCUT2D eigenvalue weighted by Crippen LogP contribution is -2.25. The molecule has 1 atom stereocenters. The van der Waals surface area contributed by atoms with Crippen LogP contribution in [0, 0.1) is 5.92 Å². The van der Waals surface area contributed by atoms with Crippen molar-refractivity contribution in [2.45, 2.75) is 51.6 Å². The van der Waals surface area contributed by atoms with Gasteiger partial charge in [-0.1, -0.05) is 44.8 Å². The van der Waals surface area contributed by atoms with Gasteiger partial charge in [-0.25, -0.2) is 0 Å². The van der Waals surface area contributed by atoms with E-state index >= 15 is 0 Å². The molecule has 3 heteroatoms. The number of thiocarbonyl (C=S) groups is 1. The molecule has 0 aromatic carbocycles. The quantitative estimate of drug-likeness (QED) is 0.578. The Labute approximate surface area is 92.2 Å². The highest BCUT2D eigenvalue weighted by Crippen LogP contribution is 2.20. The zero-order valence-electron chi connectivity index (χ0n) is 9.00. The summed E-state index contributed by atoms with van der Waals surface area (Å²) in [7, 11) is 0. The minimum absolute atomic E-state index is 0.216. The van der Waals surface area contributed by atoms with Gasteiger partial charge in [-0.2, -0.15) is 0 Å². The molecule has 0 radical (unpaired) electrons. The van der Waals surface area contributed by atoms with E-state index < -0.39 is 0 Å². The van der Waals surface area contributed by atoms with Crippen molar-refractivity contribution >= 4 is 17.2 Å². The normalized spacial score (nSPS) is 21.5. The Morgan fingerprint density at radius 2 is 1.93 bits per heavy atom. The van der Waals surface area contributed by atoms with Crippen molar-refractivity contribution < 1.29 is 4.74 Å². The molecule has 0 bridgehead atoms. The maximum absolute atomic E-state index is 5.82. The van der Waals surface area contributed by atoms with Crippen molar-refractivity contribution in [3.05, 3.63) is 0 Å². The second-order valence-electron chi connectivity index (χ2n) is 4.25. The molecule has 1 saturated carbocycles. The molecule has 1 rings (SSSR count). The highest BCUT2D eigenvalue weighted by Gasteiger charge is 2.14. The Hall–Kier alpha value is -0.150. The van der Waals surface area contributed by atoms with Crippen LogP contribution < -0.4 is 5.73 Å². The Morgan fingerprint density at radius 1 is 1.36 bits per heavy atom. The Morgan fingerprint density at radius 3 is 2.43 bits per heavy atom. The molecule has 0 aromatic rings. The number of rotatable bonds is 4. The SMILES string of the molecule is CC(COC1CCCCCC1)C(N)=S. The summed E-state index contributed by atoms with van der Waals surface area (Å²) in [5.74, 6) is 0.216. The molecule has 0 heterocycles. The van der Waals surface area contributed by atoms with Crippen LogP contribution in [0.3, 0.4) is 0 Å². The van der Waals surface area contributed by atoms with E-state index in [9.17, 15) is 0 Å². The molecular weight excluding hydrogens is 194 g/mol. The fourth-order valence-electron chi connectivity index (χ4n) is 1.77. The third kappa shape index (κ3) is 4.38. The van der Waals surface area contributed by atoms with E-state index in [1.807, 2.05) is 6.92 Å². The second-order valence-corrected chi connectivity index (χ2v) is 4.72. The van der Waals surface area contributed by atoms with Gasteiger partial charge in [-0.3, -0.25) is 0 Å². The number of nitrogens with two attached hydrogens (primary N) is 1. The Balaban J connectivity index is 2.18. The molecule has 0 amide bonds. The standard InChI is InChI=1S/C11H21NOS/c1-9(11(12)14)8-13-10-6-4-2-3-5-7-10/h9-10H,2-8H2,1H3,(H2,12,14). The molecule has 1 aliphatic carbocycles. The van der Waals surface area contributed by atoms with E-state index in [-0.39, 0.29) is 5.92 Å². The first kappa shape index (κ1) is 11.9. The monoisotopic (exact) mass is 215 g/mol. The fourth-order valence-corrected chi connectivity index (χ4v) is 1.84. The van der Waals surface area contributed by atoms with Crippen molar-refractivity contribution in [3.8, 4) is 0 Å². The van der Waals surface area contributed by atoms with E-state index in [0.717, 1.165) is 0 Å². The van der Waals surface area contributed by atoms with Crippen LogP contribution in [0.15, 0.2) is 0 Å². The predicted octanol–water partition coefficient (Wildman–Crippen LogP) is 2.65. The van der Waals surface area contributed by atoms with Gasteiger partial charge in [0.05, 0.1) is 17.7 Å². The summed E-state index contributed by atoms with van der Waals surface area (Å²) in [5, 5.41) is 0. The molecule has 1 fully saturated rings. The Kier molecular flexibility index (Phi) is 5.41. The average molecular weight is 215 g/mol. The van der Waals surface area contributed by atoms with Gasteiger partial charge >= 0.3 is 0 Å². The van der Waals surface area contributed by atoms with E-state index in [0.29, 0.717) is 17.7 Å². The van der Waals surface area contributed by atoms with E-state index in [1.54, 1.807) is 0 Å². The lowest BCUT2D eigenvalue weighted by Gasteiger charge is -2.18. The first-order valence-corrected chi connectivity index (χ1v) is 6.02. The second kappa shape index (κ2) is 6.36. The van der Waals surface area contributed by atoms with Crippen LogP contribution in [0.5, 0.6) is 0 Å². The first-order valence-electron chi connectivity index (χ1n) is 5.61. The summed E-state index contributed by atoms with van der Waals surface area (Å²) in [5.41, 5.74) is 5.53. The summed E-state index contributed by atoms with van der Waals surface area (Å²) in [4.78, 5) is 0.568. The number of hydrogen-bond donors (Lipinski definition) is 1. The molecule has 2 nitrogen and oxygen atoms in total. The van der Waals surface area contributed by atoms with Crippen LogP contribution in [0.4, 0.5) is 0 Å². The molecule has 2 N–H and O–H groups in total. The van der Waals surface area contributed by atoms with Crippen LogP contribution in [-0.2, 0) is 4.74 Å². The largest absolute Gasteiger partial charge is 0.393 e. The lowest BCUT2D eigenvalue weighted by atomic mass is 10.1. The molecule has 1 unspecified atom stereocenters. The molecular formula is C11H21NOS. The molecule has 82 valence electrons. The van der Waals surface area contributed by atoms with E-state index in [4.69, 9.17) is 22.7 Å². The van der Waals surface area contributed by atoms with Crippen molar-refractivity contribution in [2.24, 2.45) is 11.7 Å². The number of ether oxygens (including phenoxy) is 1. The molecule has 0 spiro atoms. The molecule has 0 saturated heterocycles. The fraction of sp³-hybridized carbons (Fsp3) is 0.909. The zero-order chi connectivity index (χ0) is 10.4. The van der Waals surface area contributed by atoms with Crippen molar-refractivity contribution in [1.82, 2.24) is 0 Å². The van der Waals surface area contributed by atoms with Crippen LogP contribution in [0.2, 0.25) is 0 Å². The van der Waals surface area contributed by atoms with Gasteiger partial charge in [0.1, 0.15) is 0 Å². The minimum Gasteiger partial charge on any atom is -0.393 e. The maximum atomic E-state index is 5.82. The third-order valence-electron chi connectivity index (χ3n) is 2.87.